The second kappa shape index (κ2) is 6.21. The fraction of sp³-hybridized carbons (Fsp3) is 0.429. The first kappa shape index (κ1) is 14.1. The molecule has 5 heteroatoms. The zero-order chi connectivity index (χ0) is 13.8. The van der Waals surface area contributed by atoms with Crippen LogP contribution in [0.2, 0.25) is 0 Å². The normalized spacial score (nSPS) is 14.3. The number of aromatic nitrogens is 2. The van der Waals surface area contributed by atoms with E-state index < -0.39 is 6.10 Å². The Kier molecular flexibility index (Phi) is 4.61. The topological polar surface area (TPSA) is 59.2 Å². The fourth-order valence-electron chi connectivity index (χ4n) is 1.57. The second-order valence-corrected chi connectivity index (χ2v) is 5.73. The van der Waals surface area contributed by atoms with Gasteiger partial charge < -0.3 is 9.63 Å². The van der Waals surface area contributed by atoms with Crippen molar-refractivity contribution in [3.8, 4) is 0 Å². The highest BCUT2D eigenvalue weighted by molar-refractivity contribution is 7.98. The summed E-state index contributed by atoms with van der Waals surface area (Å²) in [7, 11) is 0. The van der Waals surface area contributed by atoms with Crippen LogP contribution in [-0.4, -0.2) is 21.4 Å². The van der Waals surface area contributed by atoms with Crippen LogP contribution in [0, 0.1) is 6.92 Å². The second-order valence-electron chi connectivity index (χ2n) is 4.68. The van der Waals surface area contributed by atoms with Crippen LogP contribution >= 0.6 is 11.8 Å². The molecule has 0 radical (unpaired) electrons. The highest BCUT2D eigenvalue weighted by Gasteiger charge is 2.18. The van der Waals surface area contributed by atoms with Gasteiger partial charge in [0.1, 0.15) is 0 Å². The van der Waals surface area contributed by atoms with Gasteiger partial charge >= 0.3 is 0 Å². The van der Waals surface area contributed by atoms with Gasteiger partial charge in [0.15, 0.2) is 5.82 Å². The highest BCUT2D eigenvalue weighted by atomic mass is 32.2. The van der Waals surface area contributed by atoms with Crippen LogP contribution in [0.4, 0.5) is 0 Å². The van der Waals surface area contributed by atoms with Crippen LogP contribution in [0.15, 0.2) is 33.7 Å². The van der Waals surface area contributed by atoms with E-state index in [1.54, 1.807) is 18.7 Å². The molecule has 1 N–H and O–H groups in total. The van der Waals surface area contributed by atoms with Gasteiger partial charge in [-0.15, -0.1) is 11.8 Å². The maximum Gasteiger partial charge on any atom is 0.232 e. The molecule has 0 aliphatic carbocycles. The maximum absolute atomic E-state index is 9.49. The Bertz CT molecular complexity index is 540. The zero-order valence-corrected chi connectivity index (χ0v) is 12.1. The first-order valence-electron chi connectivity index (χ1n) is 6.26. The molecule has 0 aliphatic heterocycles. The molecule has 19 heavy (non-hydrogen) atoms. The summed E-state index contributed by atoms with van der Waals surface area (Å²) in [4.78, 5) is 5.50. The van der Waals surface area contributed by atoms with E-state index in [9.17, 15) is 5.11 Å². The van der Waals surface area contributed by atoms with Crippen molar-refractivity contribution in [2.75, 3.05) is 0 Å². The van der Waals surface area contributed by atoms with E-state index in [1.807, 2.05) is 13.0 Å². The van der Waals surface area contributed by atoms with E-state index in [0.717, 1.165) is 0 Å². The smallest absolute Gasteiger partial charge is 0.232 e. The molecule has 0 aliphatic rings. The lowest BCUT2D eigenvalue weighted by atomic mass is 10.1. The fourth-order valence-corrected chi connectivity index (χ4v) is 2.43. The number of thioether (sulfide) groups is 1. The van der Waals surface area contributed by atoms with Crippen molar-refractivity contribution in [3.63, 3.8) is 0 Å². The molecular weight excluding hydrogens is 260 g/mol. The van der Waals surface area contributed by atoms with E-state index >= 15 is 0 Å². The highest BCUT2D eigenvalue weighted by Crippen LogP contribution is 2.23. The van der Waals surface area contributed by atoms with Gasteiger partial charge in [-0.2, -0.15) is 4.98 Å². The minimum absolute atomic E-state index is 0.134. The first-order chi connectivity index (χ1) is 9.06. The van der Waals surface area contributed by atoms with Gasteiger partial charge in [-0.3, -0.25) is 0 Å². The summed E-state index contributed by atoms with van der Waals surface area (Å²) in [5, 5.41) is 13.4. The number of aryl methyl sites for hydroxylation is 1. The SMILES string of the molecule is Cc1cccc(SCc2noc(C(C)C(C)O)n2)c1. The molecule has 1 aromatic heterocycles. The van der Waals surface area contributed by atoms with Crippen LogP contribution in [-0.2, 0) is 5.75 Å². The molecule has 0 bridgehead atoms. The van der Waals surface area contributed by atoms with Gasteiger partial charge in [-0.25, -0.2) is 0 Å². The Hall–Kier alpha value is -1.33. The minimum Gasteiger partial charge on any atom is -0.393 e. The summed E-state index contributed by atoms with van der Waals surface area (Å²) >= 11 is 1.67. The number of aliphatic hydroxyl groups excluding tert-OH is 1. The molecule has 0 saturated carbocycles. The predicted octanol–water partition coefficient (Wildman–Crippen LogP) is 3.15. The third kappa shape index (κ3) is 3.81. The summed E-state index contributed by atoms with van der Waals surface area (Å²) in [6.07, 6.45) is -0.488. The van der Waals surface area contributed by atoms with Gasteiger partial charge in [0.2, 0.25) is 5.89 Å². The molecule has 0 saturated heterocycles. The largest absolute Gasteiger partial charge is 0.393 e. The molecular formula is C14H18N2O2S. The summed E-state index contributed by atoms with van der Waals surface area (Å²) in [6.45, 7) is 5.66. The standard InChI is InChI=1S/C14H18N2O2S/c1-9-5-4-6-12(7-9)19-8-13-15-14(18-16-13)10(2)11(3)17/h4-7,10-11,17H,8H2,1-3H3. The van der Waals surface area contributed by atoms with Crippen molar-refractivity contribution in [1.29, 1.82) is 0 Å². The predicted molar refractivity (Wildman–Crippen MR) is 75.1 cm³/mol. The monoisotopic (exact) mass is 278 g/mol. The average Bonchev–Trinajstić information content (AvgIpc) is 2.84. The molecule has 1 heterocycles. The lowest BCUT2D eigenvalue weighted by Crippen LogP contribution is -2.11. The van der Waals surface area contributed by atoms with E-state index in [0.29, 0.717) is 17.5 Å². The number of aliphatic hydroxyl groups is 1. The number of nitrogens with zero attached hydrogens (tertiary/aromatic N) is 2. The number of hydrogen-bond donors (Lipinski definition) is 1. The molecule has 1 aromatic carbocycles. The third-order valence-electron chi connectivity index (χ3n) is 2.95. The molecule has 2 unspecified atom stereocenters. The van der Waals surface area contributed by atoms with Crippen molar-refractivity contribution < 1.29 is 9.63 Å². The number of rotatable bonds is 5. The van der Waals surface area contributed by atoms with E-state index in [4.69, 9.17) is 4.52 Å². The van der Waals surface area contributed by atoms with Crippen molar-refractivity contribution in [3.05, 3.63) is 41.5 Å². The van der Waals surface area contributed by atoms with Crippen LogP contribution < -0.4 is 0 Å². The Labute approximate surface area is 117 Å². The third-order valence-corrected chi connectivity index (χ3v) is 3.94. The van der Waals surface area contributed by atoms with Crippen LogP contribution in [0.3, 0.4) is 0 Å². The average molecular weight is 278 g/mol. The number of hydrogen-bond acceptors (Lipinski definition) is 5. The summed E-state index contributed by atoms with van der Waals surface area (Å²) in [6, 6.07) is 8.30. The molecule has 102 valence electrons. The van der Waals surface area contributed by atoms with Crippen LogP contribution in [0.5, 0.6) is 0 Å². The van der Waals surface area contributed by atoms with Gasteiger partial charge in [-0.1, -0.05) is 29.8 Å². The molecule has 2 atom stereocenters. The Morgan fingerprint density at radius 3 is 2.84 bits per heavy atom. The van der Waals surface area contributed by atoms with Crippen LogP contribution in [0.1, 0.15) is 37.0 Å². The van der Waals surface area contributed by atoms with Crippen molar-refractivity contribution in [2.45, 2.75) is 43.4 Å². The molecule has 4 nitrogen and oxygen atoms in total. The van der Waals surface area contributed by atoms with E-state index in [-0.39, 0.29) is 5.92 Å². The lowest BCUT2D eigenvalue weighted by molar-refractivity contribution is 0.151. The Morgan fingerprint density at radius 2 is 2.16 bits per heavy atom. The van der Waals surface area contributed by atoms with Crippen molar-refractivity contribution in [1.82, 2.24) is 10.1 Å². The Balaban J connectivity index is 1.97. The summed E-state index contributed by atoms with van der Waals surface area (Å²) < 4.78 is 5.17. The maximum atomic E-state index is 9.49. The lowest BCUT2D eigenvalue weighted by Gasteiger charge is -2.07. The van der Waals surface area contributed by atoms with Crippen molar-refractivity contribution in [2.24, 2.45) is 0 Å². The molecule has 0 spiro atoms. The molecule has 0 amide bonds. The van der Waals surface area contributed by atoms with E-state index in [2.05, 4.69) is 35.3 Å². The molecule has 2 aromatic rings. The van der Waals surface area contributed by atoms with E-state index in [1.165, 1.54) is 10.5 Å². The van der Waals surface area contributed by atoms with Gasteiger partial charge in [-0.05, 0) is 26.0 Å². The summed E-state index contributed by atoms with van der Waals surface area (Å²) in [5.41, 5.74) is 1.24. The quantitative estimate of drug-likeness (QED) is 0.851. The molecule has 0 fully saturated rings. The zero-order valence-electron chi connectivity index (χ0n) is 11.3. The summed E-state index contributed by atoms with van der Waals surface area (Å²) in [5.74, 6) is 1.69. The van der Waals surface area contributed by atoms with Gasteiger partial charge in [0.05, 0.1) is 17.8 Å². The van der Waals surface area contributed by atoms with Crippen LogP contribution in [0.25, 0.3) is 0 Å². The van der Waals surface area contributed by atoms with Crippen molar-refractivity contribution >= 4 is 11.8 Å². The van der Waals surface area contributed by atoms with Gasteiger partial charge in [0, 0.05) is 4.90 Å². The first-order valence-corrected chi connectivity index (χ1v) is 7.25. The number of benzene rings is 1. The minimum atomic E-state index is -0.488. The molecule has 2 rings (SSSR count). The van der Waals surface area contributed by atoms with Gasteiger partial charge in [0.25, 0.3) is 0 Å². The Morgan fingerprint density at radius 1 is 1.37 bits per heavy atom.